The van der Waals surface area contributed by atoms with Gasteiger partial charge in [-0.15, -0.1) is 11.8 Å². The fourth-order valence-corrected chi connectivity index (χ4v) is 10.9. The SMILES string of the molecule is O=S(=O)(C1NCCS1)N1CCSCC1(C1CCC12CCC2)N1CCC1. The van der Waals surface area contributed by atoms with Crippen LogP contribution in [0.4, 0.5) is 0 Å². The molecule has 0 radical (unpaired) electrons. The lowest BCUT2D eigenvalue weighted by Crippen LogP contribution is -2.77. The molecule has 5 rings (SSSR count). The van der Waals surface area contributed by atoms with Crippen LogP contribution in [-0.4, -0.2) is 71.4 Å². The van der Waals surface area contributed by atoms with E-state index in [1.165, 1.54) is 38.5 Å². The summed E-state index contributed by atoms with van der Waals surface area (Å²) in [5.74, 6) is 3.35. The Morgan fingerprint density at radius 1 is 1.04 bits per heavy atom. The first-order valence-electron chi connectivity index (χ1n) is 9.79. The molecule has 142 valence electrons. The van der Waals surface area contributed by atoms with Crippen molar-refractivity contribution in [1.82, 2.24) is 14.5 Å². The second kappa shape index (κ2) is 6.27. The Bertz CT molecular complexity index is 624. The van der Waals surface area contributed by atoms with Crippen LogP contribution in [0.3, 0.4) is 0 Å². The van der Waals surface area contributed by atoms with Gasteiger partial charge in [0.1, 0.15) is 5.66 Å². The summed E-state index contributed by atoms with van der Waals surface area (Å²) in [5, 5.41) is 3.24. The van der Waals surface area contributed by atoms with Crippen LogP contribution in [0.2, 0.25) is 0 Å². The van der Waals surface area contributed by atoms with Gasteiger partial charge in [-0.2, -0.15) is 16.1 Å². The number of likely N-dealkylation sites (tertiary alicyclic amines) is 1. The highest BCUT2D eigenvalue weighted by Gasteiger charge is 2.66. The van der Waals surface area contributed by atoms with E-state index < -0.39 is 14.7 Å². The molecule has 0 aromatic carbocycles. The van der Waals surface area contributed by atoms with Crippen LogP contribution in [0.1, 0.15) is 38.5 Å². The molecule has 25 heavy (non-hydrogen) atoms. The summed E-state index contributed by atoms with van der Waals surface area (Å²) in [6.45, 7) is 3.64. The van der Waals surface area contributed by atoms with Crippen LogP contribution in [0.5, 0.6) is 0 Å². The lowest BCUT2D eigenvalue weighted by molar-refractivity contribution is -0.184. The second-order valence-electron chi connectivity index (χ2n) is 8.35. The van der Waals surface area contributed by atoms with Gasteiger partial charge in [0.25, 0.3) is 0 Å². The molecule has 0 bridgehead atoms. The average molecular weight is 404 g/mol. The van der Waals surface area contributed by atoms with Gasteiger partial charge in [0.2, 0.25) is 10.0 Å². The zero-order valence-electron chi connectivity index (χ0n) is 14.8. The maximum atomic E-state index is 13.6. The lowest BCUT2D eigenvalue weighted by Gasteiger charge is -2.69. The van der Waals surface area contributed by atoms with Crippen molar-refractivity contribution in [3.05, 3.63) is 0 Å². The highest BCUT2D eigenvalue weighted by atomic mass is 32.3. The number of rotatable bonds is 4. The number of hydrogen-bond acceptors (Lipinski definition) is 6. The molecule has 5 fully saturated rings. The Kier molecular flexibility index (Phi) is 4.42. The summed E-state index contributed by atoms with van der Waals surface area (Å²) in [4.78, 5) is 2.54. The molecule has 3 saturated heterocycles. The van der Waals surface area contributed by atoms with Gasteiger partial charge in [-0.1, -0.05) is 6.42 Å². The third-order valence-electron chi connectivity index (χ3n) is 7.43. The van der Waals surface area contributed by atoms with Crippen molar-refractivity contribution < 1.29 is 8.42 Å². The average Bonchev–Trinajstić information content (AvgIpc) is 2.97. The standard InChI is InChI=1S/C17H29N3O2S3/c21-25(22,15-18-7-11-24-15)20-10-12-23-13-17(20,19-8-2-9-19)14-3-6-16(14)4-1-5-16/h14-15,18H,1-13H2. The van der Waals surface area contributed by atoms with Crippen molar-refractivity contribution in [3.63, 3.8) is 0 Å². The van der Waals surface area contributed by atoms with Gasteiger partial charge in [-0.25, -0.2) is 8.42 Å². The largest absolute Gasteiger partial charge is 0.291 e. The van der Waals surface area contributed by atoms with Gasteiger partial charge in [0.05, 0.1) is 0 Å². The molecule has 0 amide bonds. The molecular formula is C17H29N3O2S3. The first-order chi connectivity index (χ1) is 12.1. The Balaban J connectivity index is 1.55. The van der Waals surface area contributed by atoms with Gasteiger partial charge < -0.3 is 0 Å². The maximum Gasteiger partial charge on any atom is 0.241 e. The van der Waals surface area contributed by atoms with E-state index in [1.807, 2.05) is 16.1 Å². The van der Waals surface area contributed by atoms with Crippen molar-refractivity contribution in [2.24, 2.45) is 11.3 Å². The minimum atomic E-state index is -3.32. The van der Waals surface area contributed by atoms with Crippen LogP contribution in [-0.2, 0) is 10.0 Å². The van der Waals surface area contributed by atoms with E-state index in [4.69, 9.17) is 0 Å². The molecule has 3 aliphatic heterocycles. The van der Waals surface area contributed by atoms with Gasteiger partial charge >= 0.3 is 0 Å². The molecule has 2 saturated carbocycles. The first-order valence-corrected chi connectivity index (χ1v) is 13.5. The molecule has 8 heteroatoms. The fraction of sp³-hybridized carbons (Fsp3) is 1.00. The van der Waals surface area contributed by atoms with E-state index in [9.17, 15) is 8.42 Å². The monoisotopic (exact) mass is 403 g/mol. The third-order valence-corrected chi connectivity index (χ3v) is 12.4. The molecule has 1 N–H and O–H groups in total. The van der Waals surface area contributed by atoms with Crippen LogP contribution >= 0.6 is 23.5 Å². The molecule has 3 unspecified atom stereocenters. The Morgan fingerprint density at radius 3 is 2.40 bits per heavy atom. The summed E-state index contributed by atoms with van der Waals surface area (Å²) >= 11 is 3.55. The Morgan fingerprint density at radius 2 is 1.88 bits per heavy atom. The summed E-state index contributed by atoms with van der Waals surface area (Å²) in [6, 6.07) is 0. The van der Waals surface area contributed by atoms with Crippen LogP contribution in [0.15, 0.2) is 0 Å². The zero-order valence-corrected chi connectivity index (χ0v) is 17.2. The molecule has 0 aromatic heterocycles. The number of sulfonamides is 1. The van der Waals surface area contributed by atoms with Gasteiger partial charge in [-0.05, 0) is 43.4 Å². The third kappa shape index (κ3) is 2.43. The predicted molar refractivity (Wildman–Crippen MR) is 105 cm³/mol. The van der Waals surface area contributed by atoms with Crippen LogP contribution in [0, 0.1) is 11.3 Å². The maximum absolute atomic E-state index is 13.6. The highest BCUT2D eigenvalue weighted by molar-refractivity contribution is 8.12. The summed E-state index contributed by atoms with van der Waals surface area (Å²) < 4.78 is 28.8. The highest BCUT2D eigenvalue weighted by Crippen LogP contribution is 2.66. The quantitative estimate of drug-likeness (QED) is 0.775. The molecular weight excluding hydrogens is 374 g/mol. The molecule has 3 atom stereocenters. The molecule has 5 nitrogen and oxygen atoms in total. The van der Waals surface area contributed by atoms with Crippen molar-refractivity contribution in [3.8, 4) is 0 Å². The summed E-state index contributed by atoms with van der Waals surface area (Å²) in [5.41, 5.74) is 0.209. The van der Waals surface area contributed by atoms with E-state index in [2.05, 4.69) is 10.2 Å². The number of nitrogens with one attached hydrogen (secondary N) is 1. The van der Waals surface area contributed by atoms with Crippen molar-refractivity contribution >= 4 is 33.5 Å². The molecule has 0 aromatic rings. The fourth-order valence-electron chi connectivity index (χ4n) is 5.79. The number of hydrogen-bond donors (Lipinski definition) is 1. The zero-order chi connectivity index (χ0) is 17.1. The minimum absolute atomic E-state index is 0.247. The van der Waals surface area contributed by atoms with Gasteiger partial charge in [0, 0.05) is 43.4 Å². The van der Waals surface area contributed by atoms with Crippen molar-refractivity contribution in [1.29, 1.82) is 0 Å². The normalized spacial score (nSPS) is 41.9. The van der Waals surface area contributed by atoms with E-state index in [1.54, 1.807) is 11.8 Å². The molecule has 1 spiro atoms. The Labute approximate surface area is 160 Å². The van der Waals surface area contributed by atoms with Crippen molar-refractivity contribution in [2.45, 2.75) is 48.9 Å². The summed E-state index contributed by atoms with van der Waals surface area (Å²) in [7, 11) is -3.32. The first kappa shape index (κ1) is 17.6. The topological polar surface area (TPSA) is 52.7 Å². The molecule has 3 heterocycles. The number of nitrogens with zero attached hydrogens (tertiary/aromatic N) is 2. The second-order valence-corrected chi connectivity index (χ2v) is 12.9. The van der Waals surface area contributed by atoms with E-state index >= 15 is 0 Å². The van der Waals surface area contributed by atoms with E-state index in [0.29, 0.717) is 17.9 Å². The van der Waals surface area contributed by atoms with Gasteiger partial charge in [0.15, 0.2) is 4.71 Å². The van der Waals surface area contributed by atoms with Crippen molar-refractivity contribution in [2.75, 3.05) is 43.4 Å². The van der Waals surface area contributed by atoms with E-state index in [0.717, 1.165) is 36.9 Å². The summed E-state index contributed by atoms with van der Waals surface area (Å²) in [6.07, 6.45) is 7.74. The minimum Gasteiger partial charge on any atom is -0.291 e. The van der Waals surface area contributed by atoms with E-state index in [-0.39, 0.29) is 5.66 Å². The predicted octanol–water partition coefficient (Wildman–Crippen LogP) is 1.97. The lowest BCUT2D eigenvalue weighted by atomic mass is 9.46. The van der Waals surface area contributed by atoms with Gasteiger partial charge in [-0.3, -0.25) is 10.2 Å². The van der Waals surface area contributed by atoms with Crippen LogP contribution in [0.25, 0.3) is 0 Å². The number of thioether (sulfide) groups is 2. The smallest absolute Gasteiger partial charge is 0.241 e. The Hall–Kier alpha value is 0.530. The molecule has 5 aliphatic rings. The molecule has 2 aliphatic carbocycles. The van der Waals surface area contributed by atoms with Crippen LogP contribution < -0.4 is 5.32 Å².